The molecule has 1 heterocycles. The molecule has 0 radical (unpaired) electrons. The first-order chi connectivity index (χ1) is 8.58. The Bertz CT molecular complexity index is 597. The van der Waals surface area contributed by atoms with Gasteiger partial charge in [0.25, 0.3) is 5.91 Å². The van der Waals surface area contributed by atoms with Crippen LogP contribution in [0.2, 0.25) is 0 Å². The van der Waals surface area contributed by atoms with E-state index in [0.717, 1.165) is 18.5 Å². The van der Waals surface area contributed by atoms with Crippen molar-refractivity contribution in [1.82, 2.24) is 15.2 Å². The number of carbonyl (C=O) groups is 2. The number of carbonyl (C=O) groups excluding carboxylic acids is 1. The molecule has 1 aromatic heterocycles. The monoisotopic (exact) mass is 250 g/mol. The molecule has 92 valence electrons. The molecule has 0 bridgehead atoms. The molecule has 7 nitrogen and oxygen atoms in total. The number of hydrogen-bond donors (Lipinski definition) is 3. The highest BCUT2D eigenvalue weighted by atomic mass is 19.1. The first kappa shape index (κ1) is 11.7. The predicted octanol–water partition coefficient (Wildman–Crippen LogP) is 0.894. The van der Waals surface area contributed by atoms with Crippen LogP contribution in [-0.2, 0) is 0 Å². The van der Waals surface area contributed by atoms with E-state index >= 15 is 0 Å². The van der Waals surface area contributed by atoms with Crippen LogP contribution in [0, 0.1) is 5.82 Å². The highest BCUT2D eigenvalue weighted by Crippen LogP contribution is 2.15. The molecule has 0 fully saturated rings. The number of H-pyrrole nitrogens is 1. The number of nitrogens with zero attached hydrogens (tertiary/aromatic N) is 2. The predicted molar refractivity (Wildman–Crippen MR) is 57.7 cm³/mol. The Morgan fingerprint density at radius 2 is 2.17 bits per heavy atom. The molecule has 1 aromatic carbocycles. The van der Waals surface area contributed by atoms with Gasteiger partial charge >= 0.3 is 5.97 Å². The molecule has 0 unspecified atom stereocenters. The zero-order chi connectivity index (χ0) is 13.1. The number of benzene rings is 1. The van der Waals surface area contributed by atoms with E-state index in [1.165, 1.54) is 6.07 Å². The van der Waals surface area contributed by atoms with Crippen molar-refractivity contribution < 1.29 is 19.1 Å². The van der Waals surface area contributed by atoms with Crippen molar-refractivity contribution >= 4 is 17.6 Å². The Hall–Kier alpha value is -2.77. The summed E-state index contributed by atoms with van der Waals surface area (Å²) in [6, 6.07) is 3.22. The first-order valence-corrected chi connectivity index (χ1v) is 4.77. The first-order valence-electron chi connectivity index (χ1n) is 4.77. The topological polar surface area (TPSA) is 108 Å². The number of amides is 1. The molecule has 0 atom stereocenters. The van der Waals surface area contributed by atoms with E-state index in [9.17, 15) is 14.0 Å². The van der Waals surface area contributed by atoms with Crippen LogP contribution in [0.5, 0.6) is 0 Å². The van der Waals surface area contributed by atoms with Crippen LogP contribution in [0.3, 0.4) is 0 Å². The van der Waals surface area contributed by atoms with Gasteiger partial charge in [0.15, 0.2) is 0 Å². The van der Waals surface area contributed by atoms with E-state index in [1.807, 2.05) is 0 Å². The molecule has 0 spiro atoms. The maximum Gasteiger partial charge on any atom is 0.338 e. The van der Waals surface area contributed by atoms with E-state index < -0.39 is 23.3 Å². The SMILES string of the molecule is O=C(Nc1ccc(F)c(C(=O)O)c1)c1ncn[nH]1. The molecule has 2 rings (SSSR count). The molecule has 0 saturated carbocycles. The molecular weight excluding hydrogens is 243 g/mol. The molecular formula is C10H7FN4O3. The van der Waals surface area contributed by atoms with Crippen LogP contribution in [-0.4, -0.2) is 32.2 Å². The van der Waals surface area contributed by atoms with Crippen LogP contribution in [0.15, 0.2) is 24.5 Å². The van der Waals surface area contributed by atoms with Crippen molar-refractivity contribution in [2.24, 2.45) is 0 Å². The largest absolute Gasteiger partial charge is 0.478 e. The van der Waals surface area contributed by atoms with Crippen molar-refractivity contribution in [3.63, 3.8) is 0 Å². The Morgan fingerprint density at radius 1 is 1.39 bits per heavy atom. The van der Waals surface area contributed by atoms with E-state index in [0.29, 0.717) is 0 Å². The molecule has 0 saturated heterocycles. The minimum Gasteiger partial charge on any atom is -0.478 e. The van der Waals surface area contributed by atoms with E-state index in [1.54, 1.807) is 0 Å². The fourth-order valence-electron chi connectivity index (χ4n) is 1.27. The molecule has 0 aliphatic carbocycles. The van der Waals surface area contributed by atoms with Gasteiger partial charge in [-0.05, 0) is 18.2 Å². The van der Waals surface area contributed by atoms with Gasteiger partial charge in [0.1, 0.15) is 12.1 Å². The summed E-state index contributed by atoms with van der Waals surface area (Å²) in [5.41, 5.74) is -0.374. The fourth-order valence-corrected chi connectivity index (χ4v) is 1.27. The molecule has 0 aliphatic heterocycles. The number of aromatic nitrogens is 3. The summed E-state index contributed by atoms with van der Waals surface area (Å²) in [7, 11) is 0. The number of rotatable bonds is 3. The summed E-state index contributed by atoms with van der Waals surface area (Å²) in [6.45, 7) is 0. The maximum atomic E-state index is 13.1. The van der Waals surface area contributed by atoms with Crippen molar-refractivity contribution in [2.45, 2.75) is 0 Å². The van der Waals surface area contributed by atoms with Crippen molar-refractivity contribution in [1.29, 1.82) is 0 Å². The Balaban J connectivity index is 2.22. The van der Waals surface area contributed by atoms with Gasteiger partial charge < -0.3 is 10.4 Å². The van der Waals surface area contributed by atoms with Gasteiger partial charge in [0.05, 0.1) is 5.56 Å². The average Bonchev–Trinajstić information content (AvgIpc) is 2.85. The van der Waals surface area contributed by atoms with Gasteiger partial charge in [-0.1, -0.05) is 0 Å². The highest BCUT2D eigenvalue weighted by molar-refractivity contribution is 6.02. The zero-order valence-electron chi connectivity index (χ0n) is 8.85. The standard InChI is InChI=1S/C10H7FN4O3/c11-7-2-1-5(3-6(7)10(17)18)14-9(16)8-12-4-13-15-8/h1-4H,(H,14,16)(H,17,18)(H,12,13,15). The zero-order valence-corrected chi connectivity index (χ0v) is 8.85. The van der Waals surface area contributed by atoms with Crippen LogP contribution in [0.25, 0.3) is 0 Å². The average molecular weight is 250 g/mol. The van der Waals surface area contributed by atoms with E-state index in [-0.39, 0.29) is 11.5 Å². The molecule has 18 heavy (non-hydrogen) atoms. The normalized spacial score (nSPS) is 10.1. The second kappa shape index (κ2) is 4.62. The van der Waals surface area contributed by atoms with Gasteiger partial charge in [0, 0.05) is 5.69 Å². The van der Waals surface area contributed by atoms with Crippen LogP contribution < -0.4 is 5.32 Å². The lowest BCUT2D eigenvalue weighted by Gasteiger charge is -2.04. The number of carboxylic acid groups (broad SMARTS) is 1. The summed E-state index contributed by atoms with van der Waals surface area (Å²) < 4.78 is 13.1. The number of anilines is 1. The fraction of sp³-hybridized carbons (Fsp3) is 0. The summed E-state index contributed by atoms with van der Waals surface area (Å²) in [4.78, 5) is 25.9. The number of nitrogens with one attached hydrogen (secondary N) is 2. The molecule has 2 aromatic rings. The third-order valence-electron chi connectivity index (χ3n) is 2.08. The maximum absolute atomic E-state index is 13.1. The smallest absolute Gasteiger partial charge is 0.338 e. The molecule has 3 N–H and O–H groups in total. The van der Waals surface area contributed by atoms with Gasteiger partial charge in [-0.25, -0.2) is 14.2 Å². The van der Waals surface area contributed by atoms with Crippen LogP contribution in [0.4, 0.5) is 10.1 Å². The number of carboxylic acids is 1. The minimum atomic E-state index is -1.41. The number of aromatic amines is 1. The Labute approximate surface area is 99.7 Å². The quantitative estimate of drug-likeness (QED) is 0.749. The number of halogens is 1. The summed E-state index contributed by atoms with van der Waals surface area (Å²) >= 11 is 0. The molecule has 0 aliphatic rings. The second-order valence-corrected chi connectivity index (χ2v) is 3.29. The summed E-state index contributed by atoms with van der Waals surface area (Å²) in [6.07, 6.45) is 1.16. The lowest BCUT2D eigenvalue weighted by atomic mass is 10.2. The van der Waals surface area contributed by atoms with Crippen molar-refractivity contribution in [2.75, 3.05) is 5.32 Å². The van der Waals surface area contributed by atoms with E-state index in [4.69, 9.17) is 5.11 Å². The second-order valence-electron chi connectivity index (χ2n) is 3.29. The van der Waals surface area contributed by atoms with E-state index in [2.05, 4.69) is 20.5 Å². The Morgan fingerprint density at radius 3 is 2.78 bits per heavy atom. The van der Waals surface area contributed by atoms with Crippen LogP contribution in [0.1, 0.15) is 21.0 Å². The lowest BCUT2D eigenvalue weighted by Crippen LogP contribution is -2.14. The van der Waals surface area contributed by atoms with Gasteiger partial charge in [-0.15, -0.1) is 0 Å². The minimum absolute atomic E-state index is 0.0313. The summed E-state index contributed by atoms with van der Waals surface area (Å²) in [5.74, 6) is -2.92. The van der Waals surface area contributed by atoms with Crippen molar-refractivity contribution in [3.05, 3.63) is 41.7 Å². The number of hydrogen-bond acceptors (Lipinski definition) is 4. The van der Waals surface area contributed by atoms with Gasteiger partial charge in [-0.2, -0.15) is 5.10 Å². The van der Waals surface area contributed by atoms with Gasteiger partial charge in [-0.3, -0.25) is 9.89 Å². The van der Waals surface area contributed by atoms with Crippen molar-refractivity contribution in [3.8, 4) is 0 Å². The number of aromatic carboxylic acids is 1. The Kier molecular flexibility index (Phi) is 3.00. The molecule has 1 amide bonds. The lowest BCUT2D eigenvalue weighted by molar-refractivity contribution is 0.0691. The summed E-state index contributed by atoms with van der Waals surface area (Å²) in [5, 5.41) is 16.9. The van der Waals surface area contributed by atoms with Crippen LogP contribution >= 0.6 is 0 Å². The van der Waals surface area contributed by atoms with Gasteiger partial charge in [0.2, 0.25) is 5.82 Å². The molecule has 8 heteroatoms. The third kappa shape index (κ3) is 2.32. The third-order valence-corrected chi connectivity index (χ3v) is 2.08. The highest BCUT2D eigenvalue weighted by Gasteiger charge is 2.13.